The quantitative estimate of drug-likeness (QED) is 0.691. The van der Waals surface area contributed by atoms with Crippen LogP contribution < -0.4 is 0 Å². The predicted molar refractivity (Wildman–Crippen MR) is 97.3 cm³/mol. The maximum absolute atomic E-state index is 10.6. The molecule has 0 atom stereocenters. The van der Waals surface area contributed by atoms with E-state index in [0.29, 0.717) is 0 Å². The number of phenolic OH excluding ortho intramolecular Hbond substituents is 2. The van der Waals surface area contributed by atoms with Crippen LogP contribution in [0.1, 0.15) is 62.5 Å². The molecule has 1 saturated carbocycles. The van der Waals surface area contributed by atoms with Crippen molar-refractivity contribution in [2.45, 2.75) is 57.8 Å². The monoisotopic (exact) mass is 327 g/mol. The molecule has 1 heterocycles. The molecule has 2 N–H and O–H groups in total. The number of benzene rings is 1. The van der Waals surface area contributed by atoms with Gasteiger partial charge in [0, 0.05) is 18.7 Å². The van der Waals surface area contributed by atoms with Gasteiger partial charge in [-0.1, -0.05) is 43.7 Å². The highest BCUT2D eigenvalue weighted by Gasteiger charge is 2.42. The Balaban J connectivity index is 1.87. The van der Waals surface area contributed by atoms with E-state index in [-0.39, 0.29) is 16.9 Å². The lowest BCUT2D eigenvalue weighted by Gasteiger charge is -2.46. The number of hydrogen-bond donors (Lipinski definition) is 2. The Morgan fingerprint density at radius 1 is 1.00 bits per heavy atom. The molecule has 0 saturated heterocycles. The predicted octanol–water partition coefficient (Wildman–Crippen LogP) is 4.47. The third kappa shape index (κ3) is 2.54. The first-order valence-corrected chi connectivity index (χ1v) is 9.56. The van der Waals surface area contributed by atoms with E-state index < -0.39 is 0 Å². The summed E-state index contributed by atoms with van der Waals surface area (Å²) in [5, 5.41) is 20.6. The molecule has 1 aromatic rings. The van der Waals surface area contributed by atoms with Gasteiger partial charge >= 0.3 is 0 Å². The first-order chi connectivity index (χ1) is 11.6. The van der Waals surface area contributed by atoms with Crippen molar-refractivity contribution in [1.29, 1.82) is 0 Å². The fraction of sp³-hybridized carbons (Fsp3) is 0.619. The van der Waals surface area contributed by atoms with Gasteiger partial charge in [-0.3, -0.25) is 0 Å². The number of fused-ring (bicyclic) bond motifs is 3. The normalized spacial score (nSPS) is 24.2. The van der Waals surface area contributed by atoms with Crippen LogP contribution in [0.4, 0.5) is 0 Å². The summed E-state index contributed by atoms with van der Waals surface area (Å²) >= 11 is 0. The van der Waals surface area contributed by atoms with Crippen LogP contribution in [0.5, 0.6) is 11.5 Å². The van der Waals surface area contributed by atoms with Crippen molar-refractivity contribution in [1.82, 2.24) is 4.90 Å². The molecule has 3 nitrogen and oxygen atoms in total. The van der Waals surface area contributed by atoms with E-state index in [2.05, 4.69) is 11.9 Å². The van der Waals surface area contributed by atoms with Crippen LogP contribution in [0, 0.1) is 5.41 Å². The van der Waals surface area contributed by atoms with Gasteiger partial charge in [0.15, 0.2) is 11.5 Å². The highest BCUT2D eigenvalue weighted by atomic mass is 16.3. The van der Waals surface area contributed by atoms with E-state index in [4.69, 9.17) is 0 Å². The summed E-state index contributed by atoms with van der Waals surface area (Å²) in [6, 6.07) is 3.68. The van der Waals surface area contributed by atoms with Gasteiger partial charge < -0.3 is 15.1 Å². The van der Waals surface area contributed by atoms with E-state index >= 15 is 0 Å². The largest absolute Gasteiger partial charge is 0.504 e. The van der Waals surface area contributed by atoms with Crippen LogP contribution in [0.2, 0.25) is 0 Å². The fourth-order valence-electron chi connectivity index (χ4n) is 5.32. The maximum atomic E-state index is 10.6. The summed E-state index contributed by atoms with van der Waals surface area (Å²) in [6.45, 7) is 2.11. The van der Waals surface area contributed by atoms with Crippen LogP contribution in [0.25, 0.3) is 5.57 Å². The van der Waals surface area contributed by atoms with E-state index in [1.165, 1.54) is 56.1 Å². The lowest BCUT2D eigenvalue weighted by molar-refractivity contribution is 0.229. The van der Waals surface area contributed by atoms with Gasteiger partial charge in [-0.25, -0.2) is 0 Å². The number of likely N-dealkylation sites (N-methyl/N-ethyl adjacent to an activating group) is 1. The lowest BCUT2D eigenvalue weighted by atomic mass is 9.60. The van der Waals surface area contributed by atoms with Crippen molar-refractivity contribution in [2.24, 2.45) is 5.41 Å². The summed E-state index contributed by atoms with van der Waals surface area (Å²) in [7, 11) is 2.18. The molecule has 0 aromatic heterocycles. The molecule has 130 valence electrons. The molecule has 0 radical (unpaired) electrons. The third-order valence-electron chi connectivity index (χ3n) is 6.59. The second kappa shape index (κ2) is 6.11. The summed E-state index contributed by atoms with van der Waals surface area (Å²) < 4.78 is 0. The minimum absolute atomic E-state index is 0.0305. The van der Waals surface area contributed by atoms with Crippen molar-refractivity contribution in [3.8, 4) is 11.5 Å². The average molecular weight is 327 g/mol. The summed E-state index contributed by atoms with van der Waals surface area (Å²) in [5.41, 5.74) is 5.49. The van der Waals surface area contributed by atoms with E-state index in [9.17, 15) is 10.2 Å². The Hall–Kier alpha value is -1.48. The Morgan fingerprint density at radius 3 is 2.46 bits per heavy atom. The van der Waals surface area contributed by atoms with Crippen molar-refractivity contribution in [2.75, 3.05) is 20.1 Å². The molecule has 1 aromatic carbocycles. The van der Waals surface area contributed by atoms with Gasteiger partial charge in [-0.2, -0.15) is 0 Å². The Kier molecular flexibility index (Phi) is 4.07. The maximum Gasteiger partial charge on any atom is 0.161 e. The fourth-order valence-corrected chi connectivity index (χ4v) is 5.32. The first kappa shape index (κ1) is 16.0. The van der Waals surface area contributed by atoms with Crippen molar-refractivity contribution >= 4 is 5.57 Å². The number of aromatic hydroxyl groups is 2. The Bertz CT molecular complexity index is 669. The van der Waals surface area contributed by atoms with E-state index in [0.717, 1.165) is 31.5 Å². The third-order valence-corrected chi connectivity index (χ3v) is 6.59. The standard InChI is InChI=1S/C21H29NO2/c1-22-12-9-18-17(14-22)15-7-8-19(23)20(24)16(15)13-21(18)10-5-3-2-4-6-11-21/h7-8,23-24H,2-6,9-14H2,1H3. The Labute approximate surface area is 145 Å². The van der Waals surface area contributed by atoms with Gasteiger partial charge in [0.2, 0.25) is 0 Å². The molecule has 2 aliphatic carbocycles. The van der Waals surface area contributed by atoms with Crippen LogP contribution in [0.3, 0.4) is 0 Å². The van der Waals surface area contributed by atoms with Crippen LogP contribution >= 0.6 is 0 Å². The molecule has 24 heavy (non-hydrogen) atoms. The molecule has 1 aliphatic heterocycles. The smallest absolute Gasteiger partial charge is 0.161 e. The van der Waals surface area contributed by atoms with Crippen LogP contribution in [0.15, 0.2) is 17.7 Å². The van der Waals surface area contributed by atoms with Gasteiger partial charge in [-0.15, -0.1) is 0 Å². The number of hydrogen-bond acceptors (Lipinski definition) is 3. The van der Waals surface area contributed by atoms with Gasteiger partial charge in [-0.05, 0) is 55.3 Å². The number of rotatable bonds is 0. The lowest BCUT2D eigenvalue weighted by Crippen LogP contribution is -2.38. The molecular weight excluding hydrogens is 298 g/mol. The second-order valence-electron chi connectivity index (χ2n) is 8.13. The summed E-state index contributed by atoms with van der Waals surface area (Å²) in [4.78, 5) is 2.38. The van der Waals surface area contributed by atoms with Gasteiger partial charge in [0.25, 0.3) is 0 Å². The molecule has 0 amide bonds. The van der Waals surface area contributed by atoms with Crippen molar-refractivity contribution < 1.29 is 10.2 Å². The number of phenols is 2. The first-order valence-electron chi connectivity index (χ1n) is 9.56. The molecular formula is C21H29NO2. The van der Waals surface area contributed by atoms with Crippen LogP contribution in [-0.2, 0) is 6.42 Å². The molecule has 3 heteroatoms. The zero-order valence-corrected chi connectivity index (χ0v) is 14.8. The van der Waals surface area contributed by atoms with Gasteiger partial charge in [0.05, 0.1) is 0 Å². The Morgan fingerprint density at radius 2 is 1.71 bits per heavy atom. The minimum atomic E-state index is 0.0305. The minimum Gasteiger partial charge on any atom is -0.504 e. The highest BCUT2D eigenvalue weighted by Crippen LogP contribution is 2.54. The van der Waals surface area contributed by atoms with Crippen molar-refractivity contribution in [3.05, 3.63) is 28.8 Å². The molecule has 1 fully saturated rings. The number of nitrogens with zero attached hydrogens (tertiary/aromatic N) is 1. The zero-order chi connectivity index (χ0) is 16.7. The van der Waals surface area contributed by atoms with Crippen molar-refractivity contribution in [3.63, 3.8) is 0 Å². The van der Waals surface area contributed by atoms with E-state index in [1.54, 1.807) is 11.6 Å². The summed E-state index contributed by atoms with van der Waals surface area (Å²) in [5.74, 6) is 0.150. The topological polar surface area (TPSA) is 43.7 Å². The molecule has 0 bridgehead atoms. The van der Waals surface area contributed by atoms with Gasteiger partial charge in [0.1, 0.15) is 0 Å². The van der Waals surface area contributed by atoms with Crippen LogP contribution in [-0.4, -0.2) is 35.3 Å². The highest BCUT2D eigenvalue weighted by molar-refractivity contribution is 5.79. The zero-order valence-electron chi connectivity index (χ0n) is 14.8. The molecule has 0 unspecified atom stereocenters. The van der Waals surface area contributed by atoms with E-state index in [1.807, 2.05) is 6.07 Å². The SMILES string of the molecule is CN1CCC2=C(C1)c1ccc(O)c(O)c1CC21CCCCCCC1. The second-order valence-corrected chi connectivity index (χ2v) is 8.13. The molecule has 4 rings (SSSR count). The molecule has 3 aliphatic rings. The average Bonchev–Trinajstić information content (AvgIpc) is 2.55. The summed E-state index contributed by atoms with van der Waals surface area (Å²) in [6.07, 6.45) is 11.2. The molecule has 1 spiro atoms.